The van der Waals surface area contributed by atoms with Gasteiger partial charge >= 0.3 is 12.0 Å². The minimum atomic E-state index is -1.04. The Morgan fingerprint density at radius 1 is 0.970 bits per heavy atom. The van der Waals surface area contributed by atoms with Gasteiger partial charge in [0.15, 0.2) is 0 Å². The molecule has 0 spiro atoms. The van der Waals surface area contributed by atoms with Crippen molar-refractivity contribution in [2.75, 3.05) is 5.32 Å². The van der Waals surface area contributed by atoms with E-state index in [1.54, 1.807) is 29.0 Å². The van der Waals surface area contributed by atoms with E-state index in [-0.39, 0.29) is 17.7 Å². The number of aliphatic carboxylic acids is 1. The van der Waals surface area contributed by atoms with Crippen molar-refractivity contribution in [3.63, 3.8) is 0 Å². The zero-order valence-electron chi connectivity index (χ0n) is 19.3. The van der Waals surface area contributed by atoms with E-state index in [1.165, 1.54) is 6.07 Å². The van der Waals surface area contributed by atoms with Gasteiger partial charge in [0, 0.05) is 6.20 Å². The van der Waals surface area contributed by atoms with Crippen LogP contribution in [0, 0.1) is 27.7 Å². The number of carbonyl (C=O) groups excluding carboxylic acids is 1. The first-order valence-corrected chi connectivity index (χ1v) is 10.8. The number of pyridine rings is 1. The van der Waals surface area contributed by atoms with Crippen LogP contribution in [0.4, 0.5) is 10.5 Å². The number of hydrogen-bond acceptors (Lipinski definition) is 3. The lowest BCUT2D eigenvalue weighted by molar-refractivity contribution is -0.137. The first kappa shape index (κ1) is 23.8. The molecule has 2 amide bonds. The highest BCUT2D eigenvalue weighted by Crippen LogP contribution is 2.19. The molecule has 0 saturated carbocycles. The van der Waals surface area contributed by atoms with Crippen molar-refractivity contribution in [1.82, 2.24) is 9.88 Å². The fraction of sp³-hybridized carbons (Fsp3) is 0.269. The lowest BCUT2D eigenvalue weighted by Crippen LogP contribution is -2.36. The summed E-state index contributed by atoms with van der Waals surface area (Å²) in [5.74, 6) is -1.04. The maximum Gasteiger partial charge on any atom is 0.319 e. The number of nitrogens with zero attached hydrogens (tertiary/aromatic N) is 1. The van der Waals surface area contributed by atoms with Crippen LogP contribution >= 0.6 is 0 Å². The molecule has 0 aliphatic heterocycles. The molecule has 3 N–H and O–H groups in total. The molecule has 1 atom stereocenters. The van der Waals surface area contributed by atoms with E-state index in [4.69, 9.17) is 0 Å². The van der Waals surface area contributed by atoms with Crippen molar-refractivity contribution in [2.24, 2.45) is 0 Å². The van der Waals surface area contributed by atoms with E-state index in [1.807, 2.05) is 39.8 Å². The molecular formula is C26H29N3O4. The third-order valence-electron chi connectivity index (χ3n) is 5.60. The van der Waals surface area contributed by atoms with Gasteiger partial charge in [0.05, 0.1) is 19.0 Å². The Labute approximate surface area is 193 Å². The number of benzene rings is 2. The maximum absolute atomic E-state index is 13.0. The summed E-state index contributed by atoms with van der Waals surface area (Å²) in [5.41, 5.74) is 5.92. The number of aryl methyl sites for hydroxylation is 4. The largest absolute Gasteiger partial charge is 0.481 e. The highest BCUT2D eigenvalue weighted by Gasteiger charge is 2.19. The summed E-state index contributed by atoms with van der Waals surface area (Å²) >= 11 is 0. The second-order valence-corrected chi connectivity index (χ2v) is 8.39. The molecule has 1 heterocycles. The smallest absolute Gasteiger partial charge is 0.319 e. The SMILES string of the molecule is Cc1ccc([C@H](CC(=O)O)NC(=O)Nc2cccn(Cc3c(C)cc(C)cc3C)c2=O)cc1. The molecule has 0 aliphatic carbocycles. The van der Waals surface area contributed by atoms with Crippen molar-refractivity contribution in [3.05, 3.63) is 98.5 Å². The van der Waals surface area contributed by atoms with Gasteiger partial charge in [0.2, 0.25) is 0 Å². The van der Waals surface area contributed by atoms with Gasteiger partial charge in [0.25, 0.3) is 5.56 Å². The summed E-state index contributed by atoms with van der Waals surface area (Å²) < 4.78 is 1.55. The zero-order valence-corrected chi connectivity index (χ0v) is 19.3. The topological polar surface area (TPSA) is 100 Å². The van der Waals surface area contributed by atoms with Gasteiger partial charge in [-0.25, -0.2) is 4.79 Å². The number of aromatic nitrogens is 1. The minimum Gasteiger partial charge on any atom is -0.481 e. The number of amides is 2. The number of carbonyl (C=O) groups is 2. The van der Waals surface area contributed by atoms with E-state index < -0.39 is 18.0 Å². The third kappa shape index (κ3) is 6.10. The van der Waals surface area contributed by atoms with Crippen molar-refractivity contribution in [2.45, 2.75) is 46.7 Å². The molecule has 0 aliphatic rings. The van der Waals surface area contributed by atoms with Crippen LogP contribution in [0.3, 0.4) is 0 Å². The van der Waals surface area contributed by atoms with Crippen LogP contribution in [0.25, 0.3) is 0 Å². The number of anilines is 1. The molecule has 2 aromatic carbocycles. The Morgan fingerprint density at radius 2 is 1.61 bits per heavy atom. The van der Waals surface area contributed by atoms with Gasteiger partial charge in [0.1, 0.15) is 5.69 Å². The molecule has 3 aromatic rings. The lowest BCUT2D eigenvalue weighted by Gasteiger charge is -2.18. The van der Waals surface area contributed by atoms with E-state index >= 15 is 0 Å². The first-order valence-electron chi connectivity index (χ1n) is 10.8. The molecular weight excluding hydrogens is 418 g/mol. The number of rotatable bonds is 7. The van der Waals surface area contributed by atoms with E-state index in [0.717, 1.165) is 27.8 Å². The van der Waals surface area contributed by atoms with E-state index in [2.05, 4.69) is 22.8 Å². The van der Waals surface area contributed by atoms with Crippen LogP contribution in [-0.2, 0) is 11.3 Å². The molecule has 7 nitrogen and oxygen atoms in total. The Morgan fingerprint density at radius 3 is 2.21 bits per heavy atom. The molecule has 0 bridgehead atoms. The van der Waals surface area contributed by atoms with E-state index in [0.29, 0.717) is 12.1 Å². The summed E-state index contributed by atoms with van der Waals surface area (Å²) in [5, 5.41) is 14.5. The number of urea groups is 1. The Kier molecular flexibility index (Phi) is 7.33. The highest BCUT2D eigenvalue weighted by molar-refractivity contribution is 5.89. The Balaban J connectivity index is 1.79. The predicted octanol–water partition coefficient (Wildman–Crippen LogP) is 4.47. The summed E-state index contributed by atoms with van der Waals surface area (Å²) in [6, 6.07) is 13.3. The molecule has 172 valence electrons. The summed E-state index contributed by atoms with van der Waals surface area (Å²) in [4.78, 5) is 37.0. The fourth-order valence-corrected chi connectivity index (χ4v) is 3.93. The summed E-state index contributed by atoms with van der Waals surface area (Å²) in [6.45, 7) is 8.38. The zero-order chi connectivity index (χ0) is 24.1. The van der Waals surface area contributed by atoms with Crippen LogP contribution in [0.15, 0.2) is 59.5 Å². The Bertz CT molecular complexity index is 1210. The maximum atomic E-state index is 13.0. The van der Waals surface area contributed by atoms with Gasteiger partial charge in [-0.1, -0.05) is 47.5 Å². The molecule has 0 radical (unpaired) electrons. The molecule has 3 rings (SSSR count). The van der Waals surface area contributed by atoms with Crippen LogP contribution in [0.5, 0.6) is 0 Å². The van der Waals surface area contributed by atoms with Crippen LogP contribution in [0.2, 0.25) is 0 Å². The van der Waals surface area contributed by atoms with Gasteiger partial charge in [-0.3, -0.25) is 9.59 Å². The number of carboxylic acids is 1. The average molecular weight is 448 g/mol. The van der Waals surface area contributed by atoms with Crippen molar-refractivity contribution < 1.29 is 14.7 Å². The second-order valence-electron chi connectivity index (χ2n) is 8.39. The molecule has 33 heavy (non-hydrogen) atoms. The number of carboxylic acid groups (broad SMARTS) is 1. The minimum absolute atomic E-state index is 0.121. The third-order valence-corrected chi connectivity index (χ3v) is 5.60. The molecule has 7 heteroatoms. The summed E-state index contributed by atoms with van der Waals surface area (Å²) in [6.07, 6.45) is 1.41. The number of hydrogen-bond donors (Lipinski definition) is 3. The standard InChI is InChI=1S/C26H29N3O4/c1-16-7-9-20(10-8-16)23(14-24(30)31)28-26(33)27-22-6-5-11-29(25(22)32)15-21-18(3)12-17(2)13-19(21)4/h5-13,23H,14-15H2,1-4H3,(H,30,31)(H2,27,28,33)/t23-/m0/s1. The predicted molar refractivity (Wildman–Crippen MR) is 129 cm³/mol. The molecule has 0 fully saturated rings. The summed E-state index contributed by atoms with van der Waals surface area (Å²) in [7, 11) is 0. The molecule has 0 unspecified atom stereocenters. The van der Waals surface area contributed by atoms with E-state index in [9.17, 15) is 19.5 Å². The van der Waals surface area contributed by atoms with Crippen LogP contribution in [0.1, 0.15) is 45.8 Å². The quantitative estimate of drug-likeness (QED) is 0.498. The second kappa shape index (κ2) is 10.2. The van der Waals surface area contributed by atoms with Crippen LogP contribution < -0.4 is 16.2 Å². The van der Waals surface area contributed by atoms with Crippen molar-refractivity contribution in [3.8, 4) is 0 Å². The van der Waals surface area contributed by atoms with Gasteiger partial charge in [-0.2, -0.15) is 0 Å². The molecule has 1 aromatic heterocycles. The monoisotopic (exact) mass is 447 g/mol. The Hall–Kier alpha value is -3.87. The van der Waals surface area contributed by atoms with Gasteiger partial charge in [-0.05, 0) is 62.1 Å². The number of nitrogens with one attached hydrogen (secondary N) is 2. The average Bonchev–Trinajstić information content (AvgIpc) is 2.73. The normalized spacial score (nSPS) is 11.6. The van der Waals surface area contributed by atoms with Gasteiger partial charge in [-0.15, -0.1) is 0 Å². The lowest BCUT2D eigenvalue weighted by atomic mass is 10.00. The van der Waals surface area contributed by atoms with Crippen LogP contribution in [-0.4, -0.2) is 21.7 Å². The fourth-order valence-electron chi connectivity index (χ4n) is 3.93. The van der Waals surface area contributed by atoms with Crippen molar-refractivity contribution in [1.29, 1.82) is 0 Å². The van der Waals surface area contributed by atoms with Crippen molar-refractivity contribution >= 4 is 17.7 Å². The molecule has 0 saturated heterocycles. The van der Waals surface area contributed by atoms with Gasteiger partial charge < -0.3 is 20.3 Å². The first-order chi connectivity index (χ1) is 15.6. The highest BCUT2D eigenvalue weighted by atomic mass is 16.4.